The van der Waals surface area contributed by atoms with Crippen molar-refractivity contribution in [2.45, 2.75) is 25.7 Å². The van der Waals surface area contributed by atoms with E-state index in [-0.39, 0.29) is 18.3 Å². The van der Waals surface area contributed by atoms with Gasteiger partial charge in [-0.25, -0.2) is 0 Å². The SMILES string of the molecule is CC(C)c1ccc([C@@H]2COCC2=O)cc1. The zero-order chi connectivity index (χ0) is 10.8. The van der Waals surface area contributed by atoms with Crippen molar-refractivity contribution in [1.82, 2.24) is 0 Å². The van der Waals surface area contributed by atoms with Crippen LogP contribution in [0.25, 0.3) is 0 Å². The molecule has 1 saturated heterocycles. The second kappa shape index (κ2) is 4.15. The number of rotatable bonds is 2. The molecule has 2 rings (SSSR count). The maximum Gasteiger partial charge on any atom is 0.168 e. The van der Waals surface area contributed by atoms with Gasteiger partial charge in [-0.15, -0.1) is 0 Å². The Balaban J connectivity index is 2.19. The maximum atomic E-state index is 11.5. The molecule has 0 aromatic heterocycles. The fourth-order valence-corrected chi connectivity index (χ4v) is 1.87. The molecule has 2 nitrogen and oxygen atoms in total. The van der Waals surface area contributed by atoms with E-state index >= 15 is 0 Å². The van der Waals surface area contributed by atoms with Crippen molar-refractivity contribution >= 4 is 5.78 Å². The summed E-state index contributed by atoms with van der Waals surface area (Å²) >= 11 is 0. The van der Waals surface area contributed by atoms with Crippen LogP contribution < -0.4 is 0 Å². The van der Waals surface area contributed by atoms with Crippen LogP contribution in [0, 0.1) is 0 Å². The van der Waals surface area contributed by atoms with Gasteiger partial charge in [0.2, 0.25) is 0 Å². The van der Waals surface area contributed by atoms with Crippen LogP contribution in [-0.4, -0.2) is 19.0 Å². The van der Waals surface area contributed by atoms with E-state index in [0.717, 1.165) is 5.56 Å². The molecule has 0 saturated carbocycles. The Kier molecular flexibility index (Phi) is 2.87. The van der Waals surface area contributed by atoms with Crippen molar-refractivity contribution in [2.24, 2.45) is 0 Å². The highest BCUT2D eigenvalue weighted by atomic mass is 16.5. The molecule has 0 radical (unpaired) electrons. The summed E-state index contributed by atoms with van der Waals surface area (Å²) in [6.45, 7) is 5.15. The second-order valence-electron chi connectivity index (χ2n) is 4.36. The average molecular weight is 204 g/mol. The van der Waals surface area contributed by atoms with Crippen LogP contribution >= 0.6 is 0 Å². The highest BCUT2D eigenvalue weighted by molar-refractivity contribution is 5.88. The van der Waals surface area contributed by atoms with Gasteiger partial charge in [0, 0.05) is 0 Å². The lowest BCUT2D eigenvalue weighted by Crippen LogP contribution is -2.08. The fraction of sp³-hybridized carbons (Fsp3) is 0.462. The summed E-state index contributed by atoms with van der Waals surface area (Å²) in [5.41, 5.74) is 2.40. The second-order valence-corrected chi connectivity index (χ2v) is 4.36. The third-order valence-electron chi connectivity index (χ3n) is 2.92. The molecule has 0 aliphatic carbocycles. The number of Topliss-reactive ketones (excluding diaryl/α,β-unsaturated/α-hetero) is 1. The van der Waals surface area contributed by atoms with Crippen molar-refractivity contribution in [3.05, 3.63) is 35.4 Å². The van der Waals surface area contributed by atoms with E-state index in [9.17, 15) is 4.79 Å². The van der Waals surface area contributed by atoms with E-state index < -0.39 is 0 Å². The van der Waals surface area contributed by atoms with Crippen molar-refractivity contribution in [2.75, 3.05) is 13.2 Å². The predicted octanol–water partition coefficient (Wildman–Crippen LogP) is 2.49. The molecule has 1 aliphatic rings. The van der Waals surface area contributed by atoms with E-state index in [4.69, 9.17) is 4.74 Å². The quantitative estimate of drug-likeness (QED) is 0.739. The summed E-state index contributed by atoms with van der Waals surface area (Å²) in [7, 11) is 0. The molecule has 2 heteroatoms. The predicted molar refractivity (Wildman–Crippen MR) is 59.1 cm³/mol. The van der Waals surface area contributed by atoms with Crippen molar-refractivity contribution < 1.29 is 9.53 Å². The summed E-state index contributed by atoms with van der Waals surface area (Å²) in [4.78, 5) is 11.5. The summed E-state index contributed by atoms with van der Waals surface area (Å²) in [6, 6.07) is 8.30. The van der Waals surface area contributed by atoms with Gasteiger partial charge in [0.15, 0.2) is 5.78 Å². The number of carbonyl (C=O) groups is 1. The van der Waals surface area contributed by atoms with Crippen molar-refractivity contribution in [3.8, 4) is 0 Å². The molecule has 0 spiro atoms. The summed E-state index contributed by atoms with van der Waals surface area (Å²) < 4.78 is 5.15. The molecule has 1 aliphatic heterocycles. The lowest BCUT2D eigenvalue weighted by molar-refractivity contribution is -0.118. The van der Waals surface area contributed by atoms with Crippen LogP contribution in [0.15, 0.2) is 24.3 Å². The van der Waals surface area contributed by atoms with E-state index in [1.807, 2.05) is 12.1 Å². The molecule has 1 fully saturated rings. The van der Waals surface area contributed by atoms with Gasteiger partial charge in [0.25, 0.3) is 0 Å². The van der Waals surface area contributed by atoms with Gasteiger partial charge in [-0.3, -0.25) is 4.79 Å². The van der Waals surface area contributed by atoms with Gasteiger partial charge in [-0.1, -0.05) is 38.1 Å². The third-order valence-corrected chi connectivity index (χ3v) is 2.92. The molecule has 0 bridgehead atoms. The zero-order valence-corrected chi connectivity index (χ0v) is 9.19. The van der Waals surface area contributed by atoms with Gasteiger partial charge in [-0.05, 0) is 17.0 Å². The largest absolute Gasteiger partial charge is 0.373 e. The highest BCUT2D eigenvalue weighted by Crippen LogP contribution is 2.24. The van der Waals surface area contributed by atoms with Crippen molar-refractivity contribution in [1.29, 1.82) is 0 Å². The Morgan fingerprint density at radius 3 is 2.40 bits per heavy atom. The van der Waals surface area contributed by atoms with Gasteiger partial charge >= 0.3 is 0 Å². The smallest absolute Gasteiger partial charge is 0.168 e. The van der Waals surface area contributed by atoms with Gasteiger partial charge < -0.3 is 4.74 Å². The van der Waals surface area contributed by atoms with Crippen LogP contribution in [-0.2, 0) is 9.53 Å². The van der Waals surface area contributed by atoms with Crippen LogP contribution in [0.3, 0.4) is 0 Å². The number of hydrogen-bond donors (Lipinski definition) is 0. The monoisotopic (exact) mass is 204 g/mol. The summed E-state index contributed by atoms with van der Waals surface area (Å²) in [6.07, 6.45) is 0. The molecule has 1 aromatic rings. The van der Waals surface area contributed by atoms with Crippen molar-refractivity contribution in [3.63, 3.8) is 0 Å². The topological polar surface area (TPSA) is 26.3 Å². The standard InChI is InChI=1S/C13H16O2/c1-9(2)10-3-5-11(6-4-10)12-7-15-8-13(12)14/h3-6,9,12H,7-8H2,1-2H3/t12-/m0/s1. The first kappa shape index (κ1) is 10.4. The van der Waals surface area contributed by atoms with E-state index in [2.05, 4.69) is 26.0 Å². The molecular weight excluding hydrogens is 188 g/mol. The van der Waals surface area contributed by atoms with Gasteiger partial charge in [-0.2, -0.15) is 0 Å². The summed E-state index contributed by atoms with van der Waals surface area (Å²) in [5, 5.41) is 0. The third kappa shape index (κ3) is 2.10. The first-order valence-electron chi connectivity index (χ1n) is 5.39. The van der Waals surface area contributed by atoms with E-state index in [0.29, 0.717) is 12.5 Å². The Morgan fingerprint density at radius 2 is 1.93 bits per heavy atom. The first-order valence-corrected chi connectivity index (χ1v) is 5.39. The molecule has 0 unspecified atom stereocenters. The number of hydrogen-bond acceptors (Lipinski definition) is 2. The Hall–Kier alpha value is -1.15. The lowest BCUT2D eigenvalue weighted by atomic mass is 9.94. The van der Waals surface area contributed by atoms with E-state index in [1.165, 1.54) is 5.56 Å². The molecule has 1 atom stereocenters. The molecule has 80 valence electrons. The molecule has 1 aromatic carbocycles. The number of ketones is 1. The Morgan fingerprint density at radius 1 is 1.27 bits per heavy atom. The number of ether oxygens (including phenoxy) is 1. The Bertz CT molecular complexity index is 351. The maximum absolute atomic E-state index is 11.5. The molecule has 0 amide bonds. The van der Waals surface area contributed by atoms with Crippen LogP contribution in [0.4, 0.5) is 0 Å². The average Bonchev–Trinajstić information content (AvgIpc) is 2.65. The van der Waals surface area contributed by atoms with Gasteiger partial charge in [0.1, 0.15) is 6.61 Å². The zero-order valence-electron chi connectivity index (χ0n) is 9.19. The minimum Gasteiger partial charge on any atom is -0.373 e. The van der Waals surface area contributed by atoms with Crippen LogP contribution in [0.5, 0.6) is 0 Å². The normalized spacial score (nSPS) is 21.3. The molecule has 1 heterocycles. The minimum absolute atomic E-state index is 0.0359. The highest BCUT2D eigenvalue weighted by Gasteiger charge is 2.26. The number of carbonyl (C=O) groups excluding carboxylic acids is 1. The molecular formula is C13H16O2. The van der Waals surface area contributed by atoms with Gasteiger partial charge in [0.05, 0.1) is 12.5 Å². The summed E-state index contributed by atoms with van der Waals surface area (Å²) in [5.74, 6) is 0.702. The van der Waals surface area contributed by atoms with Crippen LogP contribution in [0.2, 0.25) is 0 Å². The Labute approximate surface area is 90.3 Å². The minimum atomic E-state index is -0.0359. The fourth-order valence-electron chi connectivity index (χ4n) is 1.87. The van der Waals surface area contributed by atoms with Crippen LogP contribution in [0.1, 0.15) is 36.8 Å². The molecule has 15 heavy (non-hydrogen) atoms. The first-order chi connectivity index (χ1) is 7.18. The number of benzene rings is 1. The molecule has 0 N–H and O–H groups in total. The lowest BCUT2D eigenvalue weighted by Gasteiger charge is -2.09. The van der Waals surface area contributed by atoms with E-state index in [1.54, 1.807) is 0 Å².